The van der Waals surface area contributed by atoms with Crippen LogP contribution in [0.25, 0.3) is 0 Å². The highest BCUT2D eigenvalue weighted by molar-refractivity contribution is 7.89. The molecule has 0 N–H and O–H groups in total. The van der Waals surface area contributed by atoms with E-state index in [1.807, 2.05) is 39.0 Å². The number of hydrogen-bond acceptors (Lipinski definition) is 7. The smallest absolute Gasteiger partial charge is 0.243 e. The van der Waals surface area contributed by atoms with Crippen molar-refractivity contribution in [3.63, 3.8) is 0 Å². The van der Waals surface area contributed by atoms with Gasteiger partial charge in [0.2, 0.25) is 10.0 Å². The average molecular weight is 445 g/mol. The first-order valence-corrected chi connectivity index (χ1v) is 12.3. The summed E-state index contributed by atoms with van der Waals surface area (Å²) in [6, 6.07) is 5.91. The molecule has 0 saturated carbocycles. The van der Waals surface area contributed by atoms with E-state index in [0.717, 1.165) is 54.5 Å². The number of sulfonamides is 1. The van der Waals surface area contributed by atoms with Crippen LogP contribution >= 0.6 is 0 Å². The van der Waals surface area contributed by atoms with Gasteiger partial charge in [-0.15, -0.1) is 0 Å². The molecule has 0 unspecified atom stereocenters. The van der Waals surface area contributed by atoms with Crippen molar-refractivity contribution in [2.75, 3.05) is 69.2 Å². The number of hydrogen-bond donors (Lipinski definition) is 0. The van der Waals surface area contributed by atoms with Gasteiger partial charge in [0.15, 0.2) is 0 Å². The Morgan fingerprint density at radius 3 is 1.74 bits per heavy atom. The Hall–Kier alpha value is -2.23. The molecule has 0 spiro atoms. The molecule has 3 heterocycles. The lowest BCUT2D eigenvalue weighted by Crippen LogP contribution is -2.49. The van der Waals surface area contributed by atoms with Crippen LogP contribution in [0.3, 0.4) is 0 Å². The van der Waals surface area contributed by atoms with E-state index in [1.54, 1.807) is 10.6 Å². The Morgan fingerprint density at radius 1 is 0.742 bits per heavy atom. The van der Waals surface area contributed by atoms with Gasteiger partial charge < -0.3 is 14.7 Å². The predicted octanol–water partition coefficient (Wildman–Crippen LogP) is 1.66. The first-order chi connectivity index (χ1) is 14.8. The van der Waals surface area contributed by atoms with Gasteiger partial charge in [0.05, 0.1) is 4.90 Å². The van der Waals surface area contributed by atoms with E-state index in [9.17, 15) is 8.42 Å². The molecule has 0 amide bonds. The molecular formula is C22H32N6O2S. The van der Waals surface area contributed by atoms with Crippen LogP contribution in [0.2, 0.25) is 0 Å². The Morgan fingerprint density at radius 2 is 1.23 bits per heavy atom. The molecule has 1 aromatic heterocycles. The second kappa shape index (κ2) is 8.72. The number of anilines is 2. The predicted molar refractivity (Wildman–Crippen MR) is 123 cm³/mol. The zero-order valence-corrected chi connectivity index (χ0v) is 19.7. The van der Waals surface area contributed by atoms with E-state index in [-0.39, 0.29) is 0 Å². The minimum Gasteiger partial charge on any atom is -0.354 e. The molecule has 2 aromatic rings. The highest BCUT2D eigenvalue weighted by Crippen LogP contribution is 2.27. The summed E-state index contributed by atoms with van der Waals surface area (Å²) in [6.45, 7) is 11.8. The fourth-order valence-corrected chi connectivity index (χ4v) is 6.41. The van der Waals surface area contributed by atoms with Crippen molar-refractivity contribution in [1.29, 1.82) is 0 Å². The van der Waals surface area contributed by atoms with Gasteiger partial charge in [0.25, 0.3) is 0 Å². The van der Waals surface area contributed by atoms with Crippen LogP contribution in [0.1, 0.15) is 16.7 Å². The van der Waals surface area contributed by atoms with Gasteiger partial charge in [-0.2, -0.15) is 4.31 Å². The largest absolute Gasteiger partial charge is 0.354 e. The topological polar surface area (TPSA) is 72.9 Å². The van der Waals surface area contributed by atoms with E-state index in [4.69, 9.17) is 0 Å². The fraction of sp³-hybridized carbons (Fsp3) is 0.545. The molecule has 4 rings (SSSR count). The molecule has 0 aliphatic carbocycles. The van der Waals surface area contributed by atoms with Crippen LogP contribution in [0.5, 0.6) is 0 Å². The van der Waals surface area contributed by atoms with E-state index in [1.165, 1.54) is 0 Å². The molecular weight excluding hydrogens is 412 g/mol. The second-order valence-electron chi connectivity index (χ2n) is 8.64. The summed E-state index contributed by atoms with van der Waals surface area (Å²) in [5.41, 5.74) is 2.71. The van der Waals surface area contributed by atoms with Crippen LogP contribution < -0.4 is 9.80 Å². The summed E-state index contributed by atoms with van der Waals surface area (Å²) in [4.78, 5) is 16.1. The van der Waals surface area contributed by atoms with Crippen molar-refractivity contribution in [2.24, 2.45) is 0 Å². The quantitative estimate of drug-likeness (QED) is 0.710. The zero-order valence-electron chi connectivity index (χ0n) is 18.9. The SMILES string of the molecule is Cc1cc(C)c(S(=O)(=O)N2CCN(c3cc(N4CCN(C)CC4)ncn3)CC2)c(C)c1. The molecule has 0 bridgehead atoms. The minimum absolute atomic E-state index is 0.447. The van der Waals surface area contributed by atoms with Gasteiger partial charge in [-0.25, -0.2) is 18.4 Å². The monoisotopic (exact) mass is 444 g/mol. The maximum Gasteiger partial charge on any atom is 0.243 e. The fourth-order valence-electron chi connectivity index (χ4n) is 4.58. The Kier molecular flexibility index (Phi) is 6.18. The lowest BCUT2D eigenvalue weighted by molar-refractivity contribution is 0.312. The lowest BCUT2D eigenvalue weighted by Gasteiger charge is -2.36. The first-order valence-electron chi connectivity index (χ1n) is 10.8. The van der Waals surface area contributed by atoms with Gasteiger partial charge in [-0.3, -0.25) is 0 Å². The average Bonchev–Trinajstić information content (AvgIpc) is 2.73. The Labute approximate surface area is 185 Å². The van der Waals surface area contributed by atoms with Crippen LogP contribution in [0, 0.1) is 20.8 Å². The van der Waals surface area contributed by atoms with Crippen molar-refractivity contribution in [3.05, 3.63) is 41.2 Å². The standard InChI is InChI=1S/C22H32N6O2S/c1-17-13-18(2)22(19(3)14-17)31(29,30)28-11-9-27(10-12-28)21-15-20(23-16-24-21)26-7-5-25(4)6-8-26/h13-16H,5-12H2,1-4H3. The normalized spacial score (nSPS) is 19.1. The summed E-state index contributed by atoms with van der Waals surface area (Å²) >= 11 is 0. The maximum atomic E-state index is 13.3. The Balaban J connectivity index is 1.46. The van der Waals surface area contributed by atoms with Crippen molar-refractivity contribution in [3.8, 4) is 0 Å². The summed E-state index contributed by atoms with van der Waals surface area (Å²) in [5, 5.41) is 0. The minimum atomic E-state index is -3.52. The van der Waals surface area contributed by atoms with Gasteiger partial charge >= 0.3 is 0 Å². The van der Waals surface area contributed by atoms with Crippen LogP contribution in [-0.4, -0.2) is 87.0 Å². The van der Waals surface area contributed by atoms with E-state index in [2.05, 4.69) is 31.7 Å². The van der Waals surface area contributed by atoms with E-state index < -0.39 is 10.0 Å². The van der Waals surface area contributed by atoms with Gasteiger partial charge in [-0.05, 0) is 38.9 Å². The highest BCUT2D eigenvalue weighted by atomic mass is 32.2. The number of aromatic nitrogens is 2. The summed E-state index contributed by atoms with van der Waals surface area (Å²) in [7, 11) is -1.38. The summed E-state index contributed by atoms with van der Waals surface area (Å²) in [6.07, 6.45) is 1.62. The molecule has 2 fully saturated rings. The lowest BCUT2D eigenvalue weighted by atomic mass is 10.1. The van der Waals surface area contributed by atoms with Crippen molar-refractivity contribution < 1.29 is 8.42 Å². The third-order valence-corrected chi connectivity index (χ3v) is 8.44. The van der Waals surface area contributed by atoms with Gasteiger partial charge in [0.1, 0.15) is 18.0 Å². The number of likely N-dealkylation sites (N-methyl/N-ethyl adjacent to an activating group) is 1. The summed E-state index contributed by atoms with van der Waals surface area (Å²) in [5.74, 6) is 1.81. The highest BCUT2D eigenvalue weighted by Gasteiger charge is 2.31. The third kappa shape index (κ3) is 4.53. The van der Waals surface area contributed by atoms with Crippen LogP contribution in [0.4, 0.5) is 11.6 Å². The molecule has 9 heteroatoms. The molecule has 31 heavy (non-hydrogen) atoms. The molecule has 8 nitrogen and oxygen atoms in total. The molecule has 2 aliphatic rings. The molecule has 2 aliphatic heterocycles. The number of aryl methyl sites for hydroxylation is 3. The summed E-state index contributed by atoms with van der Waals surface area (Å²) < 4.78 is 28.3. The molecule has 0 radical (unpaired) electrons. The molecule has 0 atom stereocenters. The van der Waals surface area contributed by atoms with Crippen molar-refractivity contribution in [1.82, 2.24) is 19.2 Å². The number of benzene rings is 1. The van der Waals surface area contributed by atoms with Gasteiger partial charge in [-0.1, -0.05) is 17.7 Å². The number of piperazine rings is 2. The molecule has 1 aromatic carbocycles. The second-order valence-corrected chi connectivity index (χ2v) is 10.5. The van der Waals surface area contributed by atoms with Crippen LogP contribution in [-0.2, 0) is 10.0 Å². The van der Waals surface area contributed by atoms with Crippen molar-refractivity contribution in [2.45, 2.75) is 25.7 Å². The molecule has 168 valence electrons. The third-order valence-electron chi connectivity index (χ3n) is 6.23. The van der Waals surface area contributed by atoms with Crippen molar-refractivity contribution >= 4 is 21.7 Å². The van der Waals surface area contributed by atoms with E-state index >= 15 is 0 Å². The van der Waals surface area contributed by atoms with E-state index in [0.29, 0.717) is 31.1 Å². The maximum absolute atomic E-state index is 13.3. The molecule has 2 saturated heterocycles. The Bertz CT molecular complexity index is 1020. The first kappa shape index (κ1) is 22.0. The zero-order chi connectivity index (χ0) is 22.2. The number of nitrogens with zero attached hydrogens (tertiary/aromatic N) is 6. The van der Waals surface area contributed by atoms with Gasteiger partial charge in [0, 0.05) is 58.4 Å². The van der Waals surface area contributed by atoms with Crippen LogP contribution in [0.15, 0.2) is 29.4 Å². The number of rotatable bonds is 4.